The molecule has 0 amide bonds. The van der Waals surface area contributed by atoms with E-state index in [1.54, 1.807) is 0 Å². The summed E-state index contributed by atoms with van der Waals surface area (Å²) in [5, 5.41) is 0. The van der Waals surface area contributed by atoms with Gasteiger partial charge in [0.05, 0.1) is 6.26 Å². The Morgan fingerprint density at radius 3 is 2.28 bits per heavy atom. The maximum Gasteiger partial charge on any atom is 0.211 e. The topological polar surface area (TPSA) is 40.6 Å². The van der Waals surface area contributed by atoms with Crippen LogP contribution in [0.25, 0.3) is 0 Å². The van der Waals surface area contributed by atoms with Crippen LogP contribution >= 0.6 is 15.9 Å². The fourth-order valence-electron chi connectivity index (χ4n) is 2.23. The molecular formula is C12H17BrN2O2S. The van der Waals surface area contributed by atoms with Gasteiger partial charge in [0.1, 0.15) is 0 Å². The Kier molecular flexibility index (Phi) is 3.99. The predicted octanol–water partition coefficient (Wildman–Crippen LogP) is 1.84. The van der Waals surface area contributed by atoms with Crippen molar-refractivity contribution in [3.8, 4) is 0 Å². The largest absolute Gasteiger partial charge is 0.369 e. The highest BCUT2D eigenvalue weighted by Gasteiger charge is 2.23. The van der Waals surface area contributed by atoms with Gasteiger partial charge in [-0.3, -0.25) is 0 Å². The Hall–Kier alpha value is -0.590. The summed E-state index contributed by atoms with van der Waals surface area (Å²) in [6.07, 6.45) is 1.27. The highest BCUT2D eigenvalue weighted by molar-refractivity contribution is 9.10. The minimum Gasteiger partial charge on any atom is -0.369 e. The van der Waals surface area contributed by atoms with Crippen molar-refractivity contribution in [3.63, 3.8) is 0 Å². The molecule has 0 atom stereocenters. The number of anilines is 1. The van der Waals surface area contributed by atoms with Crippen molar-refractivity contribution < 1.29 is 8.42 Å². The molecule has 2 rings (SSSR count). The molecular weight excluding hydrogens is 316 g/mol. The van der Waals surface area contributed by atoms with Crippen LogP contribution in [0.5, 0.6) is 0 Å². The second-order valence-electron chi connectivity index (χ2n) is 4.58. The van der Waals surface area contributed by atoms with E-state index in [4.69, 9.17) is 0 Å². The van der Waals surface area contributed by atoms with Crippen molar-refractivity contribution in [2.45, 2.75) is 6.92 Å². The van der Waals surface area contributed by atoms with Crippen molar-refractivity contribution >= 4 is 31.6 Å². The first-order valence-corrected chi connectivity index (χ1v) is 8.48. The summed E-state index contributed by atoms with van der Waals surface area (Å²) in [6.45, 7) is 4.69. The lowest BCUT2D eigenvalue weighted by molar-refractivity contribution is 0.388. The van der Waals surface area contributed by atoms with Gasteiger partial charge in [0.15, 0.2) is 0 Å². The van der Waals surface area contributed by atoms with Crippen LogP contribution < -0.4 is 4.90 Å². The van der Waals surface area contributed by atoms with Crippen LogP contribution in [0.3, 0.4) is 0 Å². The van der Waals surface area contributed by atoms with E-state index in [0.29, 0.717) is 13.1 Å². The Balaban J connectivity index is 2.10. The number of benzene rings is 1. The lowest BCUT2D eigenvalue weighted by atomic mass is 10.1. The molecule has 1 aromatic rings. The molecule has 0 bridgehead atoms. The van der Waals surface area contributed by atoms with Crippen LogP contribution in [0.15, 0.2) is 22.7 Å². The predicted molar refractivity (Wildman–Crippen MR) is 77.5 cm³/mol. The molecule has 100 valence electrons. The second-order valence-corrected chi connectivity index (χ2v) is 7.48. The molecule has 0 N–H and O–H groups in total. The van der Waals surface area contributed by atoms with E-state index in [1.165, 1.54) is 21.8 Å². The SMILES string of the molecule is Cc1cc(Br)ccc1N1CCN(S(C)(=O)=O)CC1. The number of hydrogen-bond donors (Lipinski definition) is 0. The molecule has 1 heterocycles. The van der Waals surface area contributed by atoms with E-state index in [-0.39, 0.29) is 0 Å². The van der Waals surface area contributed by atoms with Crippen LogP contribution in [0, 0.1) is 6.92 Å². The third kappa shape index (κ3) is 3.05. The smallest absolute Gasteiger partial charge is 0.211 e. The highest BCUT2D eigenvalue weighted by atomic mass is 79.9. The van der Waals surface area contributed by atoms with Gasteiger partial charge in [-0.1, -0.05) is 15.9 Å². The maximum absolute atomic E-state index is 11.4. The maximum atomic E-state index is 11.4. The van der Waals surface area contributed by atoms with Gasteiger partial charge in [-0.05, 0) is 30.7 Å². The molecule has 1 aliphatic heterocycles. The standard InChI is InChI=1S/C12H17BrN2O2S/c1-10-9-11(13)3-4-12(10)14-5-7-15(8-6-14)18(2,16)17/h3-4,9H,5-8H2,1-2H3. The van der Waals surface area contributed by atoms with E-state index < -0.39 is 10.0 Å². The van der Waals surface area contributed by atoms with Gasteiger partial charge in [-0.15, -0.1) is 0 Å². The summed E-state index contributed by atoms with van der Waals surface area (Å²) in [6, 6.07) is 6.18. The molecule has 1 aromatic carbocycles. The van der Waals surface area contributed by atoms with Crippen LogP contribution in [-0.2, 0) is 10.0 Å². The Labute approximate surface area is 117 Å². The van der Waals surface area contributed by atoms with Gasteiger partial charge in [-0.25, -0.2) is 8.42 Å². The normalized spacial score (nSPS) is 18.1. The van der Waals surface area contributed by atoms with Gasteiger partial charge in [0.25, 0.3) is 0 Å². The Morgan fingerprint density at radius 1 is 1.17 bits per heavy atom. The first kappa shape index (κ1) is 13.8. The lowest BCUT2D eigenvalue weighted by Crippen LogP contribution is -2.48. The molecule has 0 aromatic heterocycles. The average molecular weight is 333 g/mol. The number of rotatable bonds is 2. The summed E-state index contributed by atoms with van der Waals surface area (Å²) in [5.41, 5.74) is 2.39. The van der Waals surface area contributed by atoms with Crippen molar-refractivity contribution in [2.24, 2.45) is 0 Å². The van der Waals surface area contributed by atoms with Crippen LogP contribution in [-0.4, -0.2) is 45.2 Å². The molecule has 1 saturated heterocycles. The zero-order valence-electron chi connectivity index (χ0n) is 10.6. The van der Waals surface area contributed by atoms with E-state index in [2.05, 4.69) is 39.9 Å². The Bertz CT molecular complexity index is 537. The molecule has 0 saturated carbocycles. The zero-order valence-corrected chi connectivity index (χ0v) is 13.0. The fourth-order valence-corrected chi connectivity index (χ4v) is 3.54. The molecule has 0 unspecified atom stereocenters. The third-order valence-corrected chi connectivity index (χ3v) is 5.00. The zero-order chi connectivity index (χ0) is 13.3. The lowest BCUT2D eigenvalue weighted by Gasteiger charge is -2.35. The Morgan fingerprint density at radius 2 is 1.78 bits per heavy atom. The van der Waals surface area contributed by atoms with Crippen LogP contribution in [0.4, 0.5) is 5.69 Å². The minimum atomic E-state index is -3.05. The van der Waals surface area contributed by atoms with Crippen LogP contribution in [0.2, 0.25) is 0 Å². The summed E-state index contributed by atoms with van der Waals surface area (Å²) < 4.78 is 25.5. The summed E-state index contributed by atoms with van der Waals surface area (Å²) in [4.78, 5) is 2.24. The second kappa shape index (κ2) is 5.19. The van der Waals surface area contributed by atoms with Gasteiger partial charge in [0.2, 0.25) is 10.0 Å². The molecule has 0 spiro atoms. The first-order valence-electron chi connectivity index (χ1n) is 5.84. The van der Waals surface area contributed by atoms with Gasteiger partial charge < -0.3 is 4.90 Å². The number of nitrogens with zero attached hydrogens (tertiary/aromatic N) is 2. The minimum absolute atomic E-state index is 0.564. The molecule has 6 heteroatoms. The van der Waals surface area contributed by atoms with E-state index in [0.717, 1.165) is 17.6 Å². The third-order valence-electron chi connectivity index (χ3n) is 3.21. The van der Waals surface area contributed by atoms with E-state index in [9.17, 15) is 8.42 Å². The van der Waals surface area contributed by atoms with Crippen LogP contribution in [0.1, 0.15) is 5.56 Å². The van der Waals surface area contributed by atoms with Gasteiger partial charge in [-0.2, -0.15) is 4.31 Å². The van der Waals surface area contributed by atoms with Crippen molar-refractivity contribution in [2.75, 3.05) is 37.3 Å². The quantitative estimate of drug-likeness (QED) is 0.829. The molecule has 0 radical (unpaired) electrons. The monoisotopic (exact) mass is 332 g/mol. The highest BCUT2D eigenvalue weighted by Crippen LogP contribution is 2.25. The fraction of sp³-hybridized carbons (Fsp3) is 0.500. The number of aryl methyl sites for hydroxylation is 1. The average Bonchev–Trinajstić information content (AvgIpc) is 2.28. The van der Waals surface area contributed by atoms with Crippen molar-refractivity contribution in [1.29, 1.82) is 0 Å². The molecule has 0 aliphatic carbocycles. The summed E-state index contributed by atoms with van der Waals surface area (Å²) in [5.74, 6) is 0. The number of piperazine rings is 1. The van der Waals surface area contributed by atoms with Gasteiger partial charge in [0, 0.05) is 36.3 Å². The van der Waals surface area contributed by atoms with Crippen molar-refractivity contribution in [3.05, 3.63) is 28.2 Å². The molecule has 1 aliphatic rings. The number of halogens is 1. The number of hydrogen-bond acceptors (Lipinski definition) is 3. The number of sulfonamides is 1. The van der Waals surface area contributed by atoms with E-state index in [1.807, 2.05) is 6.07 Å². The van der Waals surface area contributed by atoms with Crippen molar-refractivity contribution in [1.82, 2.24) is 4.31 Å². The molecule has 18 heavy (non-hydrogen) atoms. The summed E-state index contributed by atoms with van der Waals surface area (Å²) >= 11 is 3.45. The van der Waals surface area contributed by atoms with E-state index >= 15 is 0 Å². The summed E-state index contributed by atoms with van der Waals surface area (Å²) in [7, 11) is -3.05. The molecule has 4 nitrogen and oxygen atoms in total. The first-order chi connectivity index (χ1) is 8.38. The van der Waals surface area contributed by atoms with Gasteiger partial charge >= 0.3 is 0 Å². The molecule has 1 fully saturated rings.